The van der Waals surface area contributed by atoms with Crippen molar-refractivity contribution in [1.29, 1.82) is 0 Å². The Morgan fingerprint density at radius 3 is 2.30 bits per heavy atom. The lowest BCUT2D eigenvalue weighted by Crippen LogP contribution is -2.30. The van der Waals surface area contributed by atoms with Crippen molar-refractivity contribution in [3.05, 3.63) is 130 Å². The van der Waals surface area contributed by atoms with Crippen LogP contribution in [-0.4, -0.2) is 37.5 Å². The van der Waals surface area contributed by atoms with Crippen molar-refractivity contribution in [3.8, 4) is 0 Å². The number of aryl methyl sites for hydroxylation is 1. The molecule has 0 aromatic heterocycles. The summed E-state index contributed by atoms with van der Waals surface area (Å²) in [5.74, 6) is -0.682. The number of hydrogen-bond donors (Lipinski definition) is 3. The Hall–Kier alpha value is -4.94. The van der Waals surface area contributed by atoms with E-state index in [0.29, 0.717) is 18.0 Å². The van der Waals surface area contributed by atoms with Crippen LogP contribution in [0.25, 0.3) is 6.08 Å². The van der Waals surface area contributed by atoms with Gasteiger partial charge in [0.15, 0.2) is 0 Å². The number of rotatable bonds is 12. The molecule has 220 valence electrons. The molecule has 12 heteroatoms. The van der Waals surface area contributed by atoms with Crippen LogP contribution in [0, 0.1) is 17.0 Å². The van der Waals surface area contributed by atoms with E-state index in [1.807, 2.05) is 66.2 Å². The van der Waals surface area contributed by atoms with E-state index in [0.717, 1.165) is 22.1 Å². The van der Waals surface area contributed by atoms with Gasteiger partial charge in [0.1, 0.15) is 5.69 Å². The summed E-state index contributed by atoms with van der Waals surface area (Å²) in [5, 5.41) is 17.3. The molecule has 2 amide bonds. The third-order valence-corrected chi connectivity index (χ3v) is 8.39. The fraction of sp³-hybridized carbons (Fsp3) is 0.0968. The Bertz CT molecular complexity index is 1740. The maximum atomic E-state index is 12.9. The van der Waals surface area contributed by atoms with Gasteiger partial charge in [-0.1, -0.05) is 48.0 Å². The minimum Gasteiger partial charge on any atom is -0.379 e. The maximum absolute atomic E-state index is 12.9. The van der Waals surface area contributed by atoms with Crippen molar-refractivity contribution in [2.24, 2.45) is 0 Å². The van der Waals surface area contributed by atoms with E-state index in [2.05, 4.69) is 10.6 Å². The van der Waals surface area contributed by atoms with Crippen LogP contribution >= 0.6 is 11.8 Å². The predicted molar refractivity (Wildman–Crippen MR) is 169 cm³/mol. The molecule has 0 aliphatic heterocycles. The second-order valence-electron chi connectivity index (χ2n) is 9.27. The zero-order chi connectivity index (χ0) is 30.8. The summed E-state index contributed by atoms with van der Waals surface area (Å²) in [5.41, 5.74) is 2.12. The maximum Gasteiger partial charge on any atom is 0.293 e. The van der Waals surface area contributed by atoms with Crippen LogP contribution in [0.4, 0.5) is 17.1 Å². The van der Waals surface area contributed by atoms with Crippen molar-refractivity contribution in [1.82, 2.24) is 4.72 Å². The highest BCUT2D eigenvalue weighted by molar-refractivity contribution is 7.99. The Labute approximate surface area is 253 Å². The number of amides is 2. The van der Waals surface area contributed by atoms with Crippen molar-refractivity contribution < 1.29 is 22.9 Å². The van der Waals surface area contributed by atoms with Crippen LogP contribution < -0.4 is 15.4 Å². The van der Waals surface area contributed by atoms with Crippen LogP contribution in [0.5, 0.6) is 0 Å². The molecule has 0 saturated carbocycles. The summed E-state index contributed by atoms with van der Waals surface area (Å²) in [7, 11) is -4.42. The smallest absolute Gasteiger partial charge is 0.293 e. The SMILES string of the molecule is Cc1ccc(C=CC(=O)Nc2ccc(C(=O)NS(=O)(=O)c3ccc(NCCSc4ccccc4)c([N+](=O)[O-])c3)cc2)cc1. The summed E-state index contributed by atoms with van der Waals surface area (Å²) in [4.78, 5) is 36.5. The van der Waals surface area contributed by atoms with Gasteiger partial charge in [0.25, 0.3) is 21.6 Å². The summed E-state index contributed by atoms with van der Waals surface area (Å²) >= 11 is 1.57. The lowest BCUT2D eigenvalue weighted by atomic mass is 10.1. The van der Waals surface area contributed by atoms with E-state index < -0.39 is 31.4 Å². The Morgan fingerprint density at radius 2 is 1.63 bits per heavy atom. The van der Waals surface area contributed by atoms with Crippen molar-refractivity contribution in [3.63, 3.8) is 0 Å². The Kier molecular flexibility index (Phi) is 10.3. The number of nitrogens with zero attached hydrogens (tertiary/aromatic N) is 1. The summed E-state index contributed by atoms with van der Waals surface area (Å²) in [6.45, 7) is 2.37. The first-order valence-electron chi connectivity index (χ1n) is 13.0. The molecule has 4 rings (SSSR count). The third kappa shape index (κ3) is 9.02. The van der Waals surface area contributed by atoms with E-state index in [1.165, 1.54) is 42.5 Å². The molecular weight excluding hydrogens is 588 g/mol. The summed E-state index contributed by atoms with van der Waals surface area (Å²) in [6, 6.07) is 26.3. The monoisotopic (exact) mass is 616 g/mol. The first kappa shape index (κ1) is 31.0. The molecule has 0 saturated heterocycles. The predicted octanol–water partition coefficient (Wildman–Crippen LogP) is 5.88. The highest BCUT2D eigenvalue weighted by Gasteiger charge is 2.24. The molecule has 0 heterocycles. The second-order valence-corrected chi connectivity index (χ2v) is 12.1. The molecule has 0 fully saturated rings. The average molecular weight is 617 g/mol. The zero-order valence-electron chi connectivity index (χ0n) is 23.0. The molecule has 10 nitrogen and oxygen atoms in total. The van der Waals surface area contributed by atoms with Crippen molar-refractivity contribution >= 4 is 56.7 Å². The van der Waals surface area contributed by atoms with Gasteiger partial charge in [-0.3, -0.25) is 19.7 Å². The number of nitrogens with one attached hydrogen (secondary N) is 3. The van der Waals surface area contributed by atoms with Crippen LogP contribution in [0.1, 0.15) is 21.5 Å². The normalized spacial score (nSPS) is 11.2. The van der Waals surface area contributed by atoms with Crippen molar-refractivity contribution in [2.45, 2.75) is 16.7 Å². The number of carbonyl (C=O) groups is 2. The first-order valence-corrected chi connectivity index (χ1v) is 15.5. The number of carbonyl (C=O) groups excluding carboxylic acids is 2. The molecule has 0 bridgehead atoms. The van der Waals surface area contributed by atoms with Crippen molar-refractivity contribution in [2.75, 3.05) is 22.9 Å². The molecule has 0 spiro atoms. The number of nitro groups is 1. The quantitative estimate of drug-likeness (QED) is 0.0588. The van der Waals surface area contributed by atoms with Gasteiger partial charge in [-0.15, -0.1) is 11.8 Å². The molecule has 0 aliphatic carbocycles. The first-order chi connectivity index (χ1) is 20.6. The van der Waals surface area contributed by atoms with Crippen LogP contribution in [0.3, 0.4) is 0 Å². The van der Waals surface area contributed by atoms with Gasteiger partial charge in [-0.25, -0.2) is 13.1 Å². The molecule has 0 atom stereocenters. The molecular formula is C31H28N4O6S2. The standard InChI is InChI=1S/C31H28N4O6S2/c1-22-7-9-23(10-8-22)11-18-30(36)33-25-14-12-24(13-15-25)31(37)34-43(40,41)27-16-17-28(29(21-27)35(38)39)32-19-20-42-26-5-3-2-4-6-26/h2-18,21,32H,19-20H2,1H3,(H,33,36)(H,34,37). The van der Waals surface area contributed by atoms with Gasteiger partial charge in [0.2, 0.25) is 5.91 Å². The van der Waals surface area contributed by atoms with Gasteiger partial charge in [-0.05, 0) is 67.1 Å². The van der Waals surface area contributed by atoms with Gasteiger partial charge in [0, 0.05) is 40.6 Å². The largest absolute Gasteiger partial charge is 0.379 e. The van der Waals surface area contributed by atoms with Crippen LogP contribution in [0.2, 0.25) is 0 Å². The fourth-order valence-electron chi connectivity index (χ4n) is 3.83. The number of thioether (sulfide) groups is 1. The average Bonchev–Trinajstić information content (AvgIpc) is 2.99. The second kappa shape index (κ2) is 14.3. The molecule has 0 unspecified atom stereocenters. The molecule has 4 aromatic rings. The van der Waals surface area contributed by atoms with E-state index in [4.69, 9.17) is 0 Å². The molecule has 43 heavy (non-hydrogen) atoms. The number of benzene rings is 4. The molecule has 3 N–H and O–H groups in total. The Balaban J connectivity index is 1.35. The van der Waals surface area contributed by atoms with Gasteiger partial charge < -0.3 is 10.6 Å². The lowest BCUT2D eigenvalue weighted by Gasteiger charge is -2.11. The number of sulfonamides is 1. The number of anilines is 2. The number of hydrogen-bond acceptors (Lipinski definition) is 8. The summed E-state index contributed by atoms with van der Waals surface area (Å²) < 4.78 is 27.7. The van der Waals surface area contributed by atoms with E-state index in [1.54, 1.807) is 17.8 Å². The highest BCUT2D eigenvalue weighted by atomic mass is 32.2. The fourth-order valence-corrected chi connectivity index (χ4v) is 5.61. The minimum atomic E-state index is -4.42. The van der Waals surface area contributed by atoms with Gasteiger partial charge in [-0.2, -0.15) is 0 Å². The molecule has 0 radical (unpaired) electrons. The molecule has 4 aromatic carbocycles. The van der Waals surface area contributed by atoms with E-state index >= 15 is 0 Å². The minimum absolute atomic E-state index is 0.0143. The third-order valence-electron chi connectivity index (χ3n) is 6.05. The zero-order valence-corrected chi connectivity index (χ0v) is 24.7. The van der Waals surface area contributed by atoms with Gasteiger partial charge >= 0.3 is 0 Å². The van der Waals surface area contributed by atoms with Gasteiger partial charge in [0.05, 0.1) is 9.82 Å². The van der Waals surface area contributed by atoms with Crippen LogP contribution in [0.15, 0.2) is 113 Å². The van der Waals surface area contributed by atoms with E-state index in [9.17, 15) is 28.1 Å². The summed E-state index contributed by atoms with van der Waals surface area (Å²) in [6.07, 6.45) is 3.04. The number of nitro benzene ring substituents is 1. The topological polar surface area (TPSA) is 148 Å². The lowest BCUT2D eigenvalue weighted by molar-refractivity contribution is -0.384. The molecule has 0 aliphatic rings. The van der Waals surface area contributed by atoms with Crippen LogP contribution in [-0.2, 0) is 14.8 Å². The Morgan fingerprint density at radius 1 is 0.930 bits per heavy atom. The van der Waals surface area contributed by atoms with E-state index in [-0.39, 0.29) is 17.2 Å². The highest BCUT2D eigenvalue weighted by Crippen LogP contribution is 2.28.